The van der Waals surface area contributed by atoms with E-state index >= 15 is 0 Å². The topological polar surface area (TPSA) is 67.0 Å². The van der Waals surface area contributed by atoms with Gasteiger partial charge in [0, 0.05) is 11.3 Å². The number of nitrogens with one attached hydrogen (secondary N) is 2. The zero-order valence-corrected chi connectivity index (χ0v) is 15.4. The van der Waals surface area contributed by atoms with Crippen LogP contribution in [0.1, 0.15) is 10.4 Å². The first-order chi connectivity index (χ1) is 14.4. The van der Waals surface area contributed by atoms with Crippen molar-refractivity contribution in [3.05, 3.63) is 77.4 Å². The molecule has 30 heavy (non-hydrogen) atoms. The van der Waals surface area contributed by atoms with Crippen molar-refractivity contribution >= 4 is 22.6 Å². The number of aromatic nitrogens is 2. The van der Waals surface area contributed by atoms with Crippen molar-refractivity contribution in [3.63, 3.8) is 0 Å². The van der Waals surface area contributed by atoms with E-state index in [1.807, 2.05) is 24.3 Å². The molecule has 0 radical (unpaired) electrons. The van der Waals surface area contributed by atoms with Crippen LogP contribution < -0.4 is 10.1 Å². The predicted molar refractivity (Wildman–Crippen MR) is 102 cm³/mol. The van der Waals surface area contributed by atoms with Crippen LogP contribution in [0.2, 0.25) is 0 Å². The van der Waals surface area contributed by atoms with Crippen molar-refractivity contribution in [2.75, 3.05) is 12.4 Å². The molecule has 0 spiro atoms. The zero-order valence-electron chi connectivity index (χ0n) is 15.4. The highest BCUT2D eigenvalue weighted by Crippen LogP contribution is 2.30. The summed E-state index contributed by atoms with van der Waals surface area (Å²) in [5.41, 5.74) is 1.10. The van der Waals surface area contributed by atoms with E-state index in [-0.39, 0.29) is 5.69 Å². The number of fused-ring (bicyclic) bond motifs is 1. The molecule has 0 aliphatic rings. The number of amides is 1. The molecule has 9 heteroatoms. The van der Waals surface area contributed by atoms with E-state index < -0.39 is 40.5 Å². The molecule has 0 bridgehead atoms. The van der Waals surface area contributed by atoms with Crippen LogP contribution in [0, 0.1) is 23.3 Å². The van der Waals surface area contributed by atoms with Gasteiger partial charge in [0.25, 0.3) is 5.91 Å². The number of H-pyrrole nitrogens is 1. The maximum Gasteiger partial charge on any atom is 0.261 e. The molecule has 0 atom stereocenters. The first kappa shape index (κ1) is 19.4. The van der Waals surface area contributed by atoms with Crippen LogP contribution >= 0.6 is 0 Å². The van der Waals surface area contributed by atoms with E-state index in [4.69, 9.17) is 0 Å². The molecule has 4 rings (SSSR count). The van der Waals surface area contributed by atoms with Gasteiger partial charge in [-0.1, -0.05) is 12.1 Å². The summed E-state index contributed by atoms with van der Waals surface area (Å²) in [5.74, 6) is -9.27. The molecule has 1 heterocycles. The molecule has 0 aliphatic carbocycles. The molecule has 0 fully saturated rings. The highest BCUT2D eigenvalue weighted by Gasteiger charge is 2.30. The molecule has 0 unspecified atom stereocenters. The van der Waals surface area contributed by atoms with Gasteiger partial charge in [0.05, 0.1) is 18.1 Å². The molecule has 3 aromatic carbocycles. The van der Waals surface area contributed by atoms with Gasteiger partial charge in [0.2, 0.25) is 11.6 Å². The summed E-state index contributed by atoms with van der Waals surface area (Å²) in [7, 11) is 0.851. The third-order valence-corrected chi connectivity index (χ3v) is 4.46. The van der Waals surface area contributed by atoms with Gasteiger partial charge in [-0.3, -0.25) is 4.79 Å². The van der Waals surface area contributed by atoms with Crippen LogP contribution in [0.15, 0.2) is 48.5 Å². The average molecular weight is 415 g/mol. The van der Waals surface area contributed by atoms with Gasteiger partial charge in [-0.05, 0) is 36.4 Å². The summed E-state index contributed by atoms with van der Waals surface area (Å²) >= 11 is 0. The van der Waals surface area contributed by atoms with Crippen molar-refractivity contribution in [1.29, 1.82) is 0 Å². The van der Waals surface area contributed by atoms with E-state index in [1.165, 1.54) is 12.1 Å². The van der Waals surface area contributed by atoms with E-state index in [9.17, 15) is 22.4 Å². The molecular weight excluding hydrogens is 402 g/mol. The predicted octanol–water partition coefficient (Wildman–Crippen LogP) is 5.05. The summed E-state index contributed by atoms with van der Waals surface area (Å²) in [6.07, 6.45) is 0. The van der Waals surface area contributed by atoms with Gasteiger partial charge in [0.15, 0.2) is 17.4 Å². The van der Waals surface area contributed by atoms with Crippen LogP contribution in [-0.2, 0) is 0 Å². The lowest BCUT2D eigenvalue weighted by molar-refractivity contribution is 0.101. The van der Waals surface area contributed by atoms with Crippen LogP contribution in [0.5, 0.6) is 5.75 Å². The Balaban J connectivity index is 1.60. The summed E-state index contributed by atoms with van der Waals surface area (Å²) < 4.78 is 60.2. The second kappa shape index (κ2) is 7.51. The molecule has 152 valence electrons. The Hall–Kier alpha value is -3.88. The summed E-state index contributed by atoms with van der Waals surface area (Å²) in [6, 6.07) is 13.6. The van der Waals surface area contributed by atoms with E-state index in [2.05, 4.69) is 20.0 Å². The Kier molecular flexibility index (Phi) is 4.86. The Bertz CT molecular complexity index is 1210. The number of methoxy groups -OCH3 is 1. The minimum Gasteiger partial charge on any atom is -0.491 e. The lowest BCUT2D eigenvalue weighted by atomic mass is 10.1. The minimum absolute atomic E-state index is 0.162. The number of rotatable bonds is 4. The second-order valence-electron chi connectivity index (χ2n) is 6.30. The third-order valence-electron chi connectivity index (χ3n) is 4.46. The number of hydrogen-bond donors (Lipinski definition) is 2. The number of anilines is 1. The molecule has 0 aliphatic heterocycles. The molecule has 2 N–H and O–H groups in total. The van der Waals surface area contributed by atoms with Crippen molar-refractivity contribution in [1.82, 2.24) is 9.97 Å². The fourth-order valence-electron chi connectivity index (χ4n) is 2.98. The quantitative estimate of drug-likeness (QED) is 0.362. The molecule has 0 saturated heterocycles. The van der Waals surface area contributed by atoms with E-state index in [1.54, 1.807) is 12.1 Å². The molecular formula is C21H13F4N3O2. The molecule has 0 saturated carbocycles. The van der Waals surface area contributed by atoms with Crippen LogP contribution in [0.4, 0.5) is 23.2 Å². The standard InChI is InChI=1S/C21H13F4N3O2/c1-30-19-17(24)15(22)14(16(23)18(19)25)21(29)26-11-8-6-10(7-9-11)20-27-12-4-2-3-5-13(12)28-20/h2-9H,1H3,(H,26,29)(H,27,28). The van der Waals surface area contributed by atoms with Crippen LogP contribution in [-0.4, -0.2) is 23.0 Å². The van der Waals surface area contributed by atoms with Crippen molar-refractivity contribution in [3.8, 4) is 17.1 Å². The Morgan fingerprint density at radius 2 is 1.57 bits per heavy atom. The highest BCUT2D eigenvalue weighted by atomic mass is 19.2. The lowest BCUT2D eigenvalue weighted by Gasteiger charge is -2.11. The largest absolute Gasteiger partial charge is 0.491 e. The summed E-state index contributed by atoms with van der Waals surface area (Å²) in [5, 5.41) is 2.21. The van der Waals surface area contributed by atoms with E-state index in [0.29, 0.717) is 11.4 Å². The Morgan fingerprint density at radius 1 is 0.933 bits per heavy atom. The van der Waals surface area contributed by atoms with Gasteiger partial charge in [-0.15, -0.1) is 0 Å². The first-order valence-corrected chi connectivity index (χ1v) is 8.67. The number of carbonyl (C=O) groups is 1. The monoisotopic (exact) mass is 415 g/mol. The second-order valence-corrected chi connectivity index (χ2v) is 6.30. The number of halogens is 4. The number of aromatic amines is 1. The first-order valence-electron chi connectivity index (χ1n) is 8.67. The molecule has 5 nitrogen and oxygen atoms in total. The van der Waals surface area contributed by atoms with Crippen molar-refractivity contribution < 1.29 is 27.1 Å². The normalized spacial score (nSPS) is 11.0. The van der Waals surface area contributed by atoms with E-state index in [0.717, 1.165) is 18.1 Å². The maximum absolute atomic E-state index is 14.1. The summed E-state index contributed by atoms with van der Waals surface area (Å²) in [4.78, 5) is 19.8. The number of carbonyl (C=O) groups excluding carboxylic acids is 1. The van der Waals surface area contributed by atoms with Crippen LogP contribution in [0.25, 0.3) is 22.4 Å². The average Bonchev–Trinajstić information content (AvgIpc) is 3.18. The Morgan fingerprint density at radius 3 is 2.17 bits per heavy atom. The van der Waals surface area contributed by atoms with Gasteiger partial charge < -0.3 is 15.0 Å². The fourth-order valence-corrected chi connectivity index (χ4v) is 2.98. The highest BCUT2D eigenvalue weighted by molar-refractivity contribution is 6.05. The maximum atomic E-state index is 14.1. The number of imidazole rings is 1. The SMILES string of the molecule is COc1c(F)c(F)c(C(=O)Nc2ccc(-c3nc4ccccc4[nH]3)cc2)c(F)c1F. The zero-order chi connectivity index (χ0) is 21.4. The van der Waals surface area contributed by atoms with Gasteiger partial charge in [0.1, 0.15) is 11.4 Å². The molecule has 1 amide bonds. The van der Waals surface area contributed by atoms with Gasteiger partial charge >= 0.3 is 0 Å². The van der Waals surface area contributed by atoms with Gasteiger partial charge in [-0.25, -0.2) is 13.8 Å². The minimum atomic E-state index is -1.85. The van der Waals surface area contributed by atoms with Crippen molar-refractivity contribution in [2.24, 2.45) is 0 Å². The molecule has 1 aromatic heterocycles. The number of nitrogens with zero attached hydrogens (tertiary/aromatic N) is 1. The summed E-state index contributed by atoms with van der Waals surface area (Å²) in [6.45, 7) is 0. The number of ether oxygens (including phenoxy) is 1. The number of hydrogen-bond acceptors (Lipinski definition) is 3. The molecule has 4 aromatic rings. The smallest absolute Gasteiger partial charge is 0.261 e. The third kappa shape index (κ3) is 3.24. The van der Waals surface area contributed by atoms with Gasteiger partial charge in [-0.2, -0.15) is 8.78 Å². The Labute approximate surface area is 167 Å². The fraction of sp³-hybridized carbons (Fsp3) is 0.0476. The lowest BCUT2D eigenvalue weighted by Crippen LogP contribution is -2.18. The number of para-hydroxylation sites is 2. The van der Waals surface area contributed by atoms with Crippen molar-refractivity contribution in [2.45, 2.75) is 0 Å². The van der Waals surface area contributed by atoms with Crippen LogP contribution in [0.3, 0.4) is 0 Å². The number of benzene rings is 3.